The molecular weight excluding hydrogens is 466 g/mol. The average molecular weight is 494 g/mol. The Morgan fingerprint density at radius 1 is 0.944 bits per heavy atom. The monoisotopic (exact) mass is 493 g/mol. The molecule has 0 atom stereocenters. The van der Waals surface area contributed by atoms with Crippen LogP contribution in [0.5, 0.6) is 5.75 Å². The standard InChI is InChI=1S/C30H27N3O2S/c1-30(2,3)21-12-14-22(15-13-21)35-17-16-32-19-20(23-8-4-6-10-25(23)32)18-27-28(34)33-26-11-7-5-9-24(26)31-29(33)36-27/h4-15,18-19H,16-17H2,1-3H3/b27-18+. The summed E-state index contributed by atoms with van der Waals surface area (Å²) >= 11 is 1.43. The maximum Gasteiger partial charge on any atom is 0.274 e. The van der Waals surface area contributed by atoms with Crippen molar-refractivity contribution in [3.63, 3.8) is 0 Å². The first-order valence-corrected chi connectivity index (χ1v) is 12.9. The van der Waals surface area contributed by atoms with Crippen LogP contribution in [0.3, 0.4) is 0 Å². The Morgan fingerprint density at radius 3 is 2.44 bits per heavy atom. The highest BCUT2D eigenvalue weighted by molar-refractivity contribution is 7.15. The predicted octanol–water partition coefficient (Wildman–Crippen LogP) is 5.79. The number of ether oxygens (including phenoxy) is 1. The summed E-state index contributed by atoms with van der Waals surface area (Å²) in [5, 5.41) is 1.11. The Morgan fingerprint density at radius 2 is 1.67 bits per heavy atom. The first-order chi connectivity index (χ1) is 17.4. The van der Waals surface area contributed by atoms with Crippen molar-refractivity contribution in [3.8, 4) is 5.75 Å². The first-order valence-electron chi connectivity index (χ1n) is 12.1. The summed E-state index contributed by atoms with van der Waals surface area (Å²) in [7, 11) is 0. The highest BCUT2D eigenvalue weighted by atomic mass is 32.1. The minimum atomic E-state index is -0.0254. The van der Waals surface area contributed by atoms with E-state index in [0.29, 0.717) is 17.7 Å². The van der Waals surface area contributed by atoms with Crippen LogP contribution in [0.4, 0.5) is 0 Å². The second-order valence-corrected chi connectivity index (χ2v) is 11.1. The molecule has 0 aliphatic rings. The summed E-state index contributed by atoms with van der Waals surface area (Å²) in [6, 6.07) is 24.4. The third-order valence-electron chi connectivity index (χ3n) is 6.57. The molecule has 0 unspecified atom stereocenters. The van der Waals surface area contributed by atoms with E-state index in [1.807, 2.05) is 54.6 Å². The molecule has 6 aromatic rings. The molecule has 0 aliphatic heterocycles. The topological polar surface area (TPSA) is 48.5 Å². The predicted molar refractivity (Wildman–Crippen MR) is 148 cm³/mol. The lowest BCUT2D eigenvalue weighted by atomic mass is 9.87. The fourth-order valence-corrected chi connectivity index (χ4v) is 5.62. The van der Waals surface area contributed by atoms with Gasteiger partial charge in [0.15, 0.2) is 4.96 Å². The molecule has 0 bridgehead atoms. The third-order valence-corrected chi connectivity index (χ3v) is 7.54. The fraction of sp³-hybridized carbons (Fsp3) is 0.200. The van der Waals surface area contributed by atoms with Crippen molar-refractivity contribution in [1.29, 1.82) is 0 Å². The van der Waals surface area contributed by atoms with Crippen molar-refractivity contribution in [1.82, 2.24) is 14.0 Å². The molecule has 0 saturated heterocycles. The number of imidazole rings is 1. The fourth-order valence-electron chi connectivity index (χ4n) is 4.64. The molecule has 0 spiro atoms. The largest absolute Gasteiger partial charge is 0.492 e. The van der Waals surface area contributed by atoms with Crippen LogP contribution in [0.2, 0.25) is 0 Å². The van der Waals surface area contributed by atoms with Gasteiger partial charge in [0, 0.05) is 22.7 Å². The van der Waals surface area contributed by atoms with Gasteiger partial charge in [0.1, 0.15) is 12.4 Å². The highest BCUT2D eigenvalue weighted by Crippen LogP contribution is 2.25. The molecule has 0 saturated carbocycles. The Bertz CT molecular complexity index is 1820. The van der Waals surface area contributed by atoms with Crippen molar-refractivity contribution in [2.75, 3.05) is 6.61 Å². The van der Waals surface area contributed by atoms with Gasteiger partial charge in [-0.05, 0) is 47.4 Å². The average Bonchev–Trinajstić information content (AvgIpc) is 3.50. The summed E-state index contributed by atoms with van der Waals surface area (Å²) < 4.78 is 10.6. The van der Waals surface area contributed by atoms with Crippen molar-refractivity contribution >= 4 is 44.3 Å². The normalized spacial score (nSPS) is 12.8. The lowest BCUT2D eigenvalue weighted by Gasteiger charge is -2.19. The summed E-state index contributed by atoms with van der Waals surface area (Å²) in [4.78, 5) is 18.6. The van der Waals surface area contributed by atoms with E-state index < -0.39 is 0 Å². The summed E-state index contributed by atoms with van der Waals surface area (Å²) in [6.07, 6.45) is 4.10. The number of hydrogen-bond donors (Lipinski definition) is 0. The van der Waals surface area contributed by atoms with Crippen molar-refractivity contribution in [3.05, 3.63) is 105 Å². The lowest BCUT2D eigenvalue weighted by Crippen LogP contribution is -2.22. The van der Waals surface area contributed by atoms with E-state index in [4.69, 9.17) is 4.74 Å². The van der Waals surface area contributed by atoms with Gasteiger partial charge in [-0.1, -0.05) is 74.6 Å². The molecule has 0 amide bonds. The van der Waals surface area contributed by atoms with E-state index >= 15 is 0 Å². The van der Waals surface area contributed by atoms with Crippen molar-refractivity contribution in [2.45, 2.75) is 32.7 Å². The lowest BCUT2D eigenvalue weighted by molar-refractivity contribution is 0.300. The molecule has 3 heterocycles. The zero-order chi connectivity index (χ0) is 24.9. The second kappa shape index (κ2) is 8.64. The Balaban J connectivity index is 1.30. The number of fused-ring (bicyclic) bond motifs is 4. The van der Waals surface area contributed by atoms with Crippen LogP contribution in [-0.2, 0) is 12.0 Å². The molecule has 3 aromatic carbocycles. The second-order valence-electron chi connectivity index (χ2n) is 10.1. The van der Waals surface area contributed by atoms with Gasteiger partial charge in [0.05, 0.1) is 22.1 Å². The molecule has 0 aliphatic carbocycles. The minimum absolute atomic E-state index is 0.0254. The van der Waals surface area contributed by atoms with Gasteiger partial charge in [0.2, 0.25) is 0 Å². The third kappa shape index (κ3) is 3.97. The van der Waals surface area contributed by atoms with Gasteiger partial charge >= 0.3 is 0 Å². The number of para-hydroxylation sites is 3. The maximum atomic E-state index is 13.2. The van der Waals surface area contributed by atoms with Gasteiger partial charge < -0.3 is 9.30 Å². The number of nitrogens with zero attached hydrogens (tertiary/aromatic N) is 3. The summed E-state index contributed by atoms with van der Waals surface area (Å²) in [5.74, 6) is 0.872. The zero-order valence-electron chi connectivity index (χ0n) is 20.6. The van der Waals surface area contributed by atoms with Gasteiger partial charge in [-0.15, -0.1) is 0 Å². The van der Waals surface area contributed by atoms with E-state index in [2.05, 4.69) is 60.8 Å². The number of benzene rings is 3. The number of thiazole rings is 1. The minimum Gasteiger partial charge on any atom is -0.492 e. The van der Waals surface area contributed by atoms with E-state index in [9.17, 15) is 4.79 Å². The molecule has 36 heavy (non-hydrogen) atoms. The Labute approximate surface area is 212 Å². The molecule has 0 radical (unpaired) electrons. The molecule has 6 rings (SSSR count). The van der Waals surface area contributed by atoms with Crippen LogP contribution in [0, 0.1) is 0 Å². The highest BCUT2D eigenvalue weighted by Gasteiger charge is 2.14. The molecule has 0 fully saturated rings. The van der Waals surface area contributed by atoms with Gasteiger partial charge in [-0.3, -0.25) is 4.79 Å². The van der Waals surface area contributed by atoms with Gasteiger partial charge in [-0.2, -0.15) is 0 Å². The SMILES string of the molecule is CC(C)(C)c1ccc(OCCn2cc(/C=c3/sc4nc5ccccc5n4c3=O)c3ccccc32)cc1. The van der Waals surface area contributed by atoms with E-state index in [1.165, 1.54) is 16.9 Å². The van der Waals surface area contributed by atoms with E-state index in [1.54, 1.807) is 4.40 Å². The van der Waals surface area contributed by atoms with Crippen molar-refractivity contribution in [2.24, 2.45) is 0 Å². The quantitative estimate of drug-likeness (QED) is 0.306. The van der Waals surface area contributed by atoms with Crippen LogP contribution >= 0.6 is 11.3 Å². The molecule has 3 aromatic heterocycles. The molecular formula is C30H27N3O2S. The Kier molecular flexibility index (Phi) is 5.41. The van der Waals surface area contributed by atoms with Crippen LogP contribution in [0.15, 0.2) is 83.8 Å². The first kappa shape index (κ1) is 22.6. The maximum absolute atomic E-state index is 13.2. The smallest absolute Gasteiger partial charge is 0.274 e. The number of aromatic nitrogens is 3. The molecule has 0 N–H and O–H groups in total. The van der Waals surface area contributed by atoms with Crippen LogP contribution in [0.1, 0.15) is 31.9 Å². The number of hydrogen-bond acceptors (Lipinski definition) is 4. The van der Waals surface area contributed by atoms with E-state index in [-0.39, 0.29) is 11.0 Å². The molecule has 5 nitrogen and oxygen atoms in total. The Hall–Kier alpha value is -3.90. The number of rotatable bonds is 5. The summed E-state index contributed by atoms with van der Waals surface area (Å²) in [5.41, 5.74) is 5.22. The zero-order valence-corrected chi connectivity index (χ0v) is 21.4. The molecule has 6 heteroatoms. The van der Waals surface area contributed by atoms with Crippen LogP contribution in [0.25, 0.3) is 33.0 Å². The van der Waals surface area contributed by atoms with Gasteiger partial charge in [-0.25, -0.2) is 9.38 Å². The van der Waals surface area contributed by atoms with Crippen molar-refractivity contribution < 1.29 is 4.74 Å². The van der Waals surface area contributed by atoms with Crippen LogP contribution < -0.4 is 14.8 Å². The van der Waals surface area contributed by atoms with E-state index in [0.717, 1.165) is 38.2 Å². The van der Waals surface area contributed by atoms with Crippen LogP contribution in [-0.4, -0.2) is 20.6 Å². The summed E-state index contributed by atoms with van der Waals surface area (Å²) in [6.45, 7) is 7.89. The van der Waals surface area contributed by atoms with Gasteiger partial charge in [0.25, 0.3) is 5.56 Å². The molecule has 180 valence electrons.